The lowest BCUT2D eigenvalue weighted by molar-refractivity contribution is -0.0489. The number of aromatic nitrogens is 2. The monoisotopic (exact) mass is 713 g/mol. The van der Waals surface area contributed by atoms with Crippen LogP contribution in [0.15, 0.2) is 40.9 Å². The molecule has 2 heterocycles. The van der Waals surface area contributed by atoms with Crippen LogP contribution in [0.3, 0.4) is 0 Å². The van der Waals surface area contributed by atoms with Crippen LogP contribution in [0, 0.1) is 30.3 Å². The lowest BCUT2D eigenvalue weighted by atomic mass is 9.87. The third-order valence-electron chi connectivity index (χ3n) is 7.59. The number of nitrogens with zero attached hydrogens (tertiary/aromatic N) is 2. The number of fused-ring (bicyclic) bond motifs is 1. The molecule has 4 aromatic rings. The van der Waals surface area contributed by atoms with E-state index in [-0.39, 0.29) is 28.1 Å². The quantitative estimate of drug-likeness (QED) is 0.124. The highest BCUT2D eigenvalue weighted by Crippen LogP contribution is 2.47. The minimum absolute atomic E-state index is 0.0817. The summed E-state index contributed by atoms with van der Waals surface area (Å²) in [5, 5.41) is 25.1. The summed E-state index contributed by atoms with van der Waals surface area (Å²) in [4.78, 5) is 21.9. The van der Waals surface area contributed by atoms with Gasteiger partial charge in [0.25, 0.3) is 5.91 Å². The summed E-state index contributed by atoms with van der Waals surface area (Å²) in [5.74, 6) is -4.96. The summed E-state index contributed by atoms with van der Waals surface area (Å²) < 4.78 is 76.2. The molecule has 45 heavy (non-hydrogen) atoms. The molecule has 14 heteroatoms. The highest BCUT2D eigenvalue weighted by Gasteiger charge is 2.47. The zero-order chi connectivity index (χ0) is 33.0. The van der Waals surface area contributed by atoms with Crippen LogP contribution in [-0.4, -0.2) is 39.2 Å². The number of rotatable bonds is 9. The van der Waals surface area contributed by atoms with Crippen molar-refractivity contribution >= 4 is 44.3 Å². The van der Waals surface area contributed by atoms with Gasteiger partial charge in [0.2, 0.25) is 0 Å². The van der Waals surface area contributed by atoms with Gasteiger partial charge in [-0.05, 0) is 85.8 Å². The Hall–Kier alpha value is -3.39. The van der Waals surface area contributed by atoms with Gasteiger partial charge in [0, 0.05) is 32.6 Å². The first kappa shape index (κ1) is 33.0. The van der Waals surface area contributed by atoms with E-state index in [1.165, 1.54) is 19.9 Å². The standard InChI is InChI=1S/C31H26BrClF5N3O4/c1-13-19(32)7-14-6-15(8-23(26(14)40-13)45-29(37)38)28(42)39-12-31(44,16-4-5-16)24-10-18(30(2,3)43)25(36)27(41-24)17-9-20(33)22(35)11-21(17)34/h6-11,16,29,43-44H,4-5,12H2,1-3H3,(H,39,42)/t31-/m1/s1. The average Bonchev–Trinajstić information content (AvgIpc) is 3.80. The number of amides is 1. The van der Waals surface area contributed by atoms with E-state index in [1.54, 1.807) is 13.0 Å². The summed E-state index contributed by atoms with van der Waals surface area (Å²) in [6, 6.07) is 6.55. The molecule has 0 aliphatic heterocycles. The van der Waals surface area contributed by atoms with Crippen LogP contribution in [0.4, 0.5) is 22.0 Å². The molecular weight excluding hydrogens is 689 g/mol. The van der Waals surface area contributed by atoms with Gasteiger partial charge in [-0.2, -0.15) is 8.78 Å². The van der Waals surface area contributed by atoms with Crippen LogP contribution in [0.25, 0.3) is 22.2 Å². The van der Waals surface area contributed by atoms with Crippen LogP contribution in [0.5, 0.6) is 5.75 Å². The summed E-state index contributed by atoms with van der Waals surface area (Å²) in [6.07, 6.45) is 0.994. The number of hydrogen-bond donors (Lipinski definition) is 3. The molecule has 0 unspecified atom stereocenters. The van der Waals surface area contributed by atoms with Crippen molar-refractivity contribution in [2.75, 3.05) is 6.54 Å². The van der Waals surface area contributed by atoms with E-state index in [0.29, 0.717) is 34.5 Å². The largest absolute Gasteiger partial charge is 0.432 e. The van der Waals surface area contributed by atoms with Crippen LogP contribution in [0.1, 0.15) is 54.0 Å². The number of hydrogen-bond acceptors (Lipinski definition) is 6. The Morgan fingerprint density at radius 1 is 1.09 bits per heavy atom. The Kier molecular flexibility index (Phi) is 8.86. The van der Waals surface area contributed by atoms with Gasteiger partial charge in [-0.25, -0.2) is 23.1 Å². The van der Waals surface area contributed by atoms with Gasteiger partial charge in [-0.1, -0.05) is 11.6 Å². The lowest BCUT2D eigenvalue weighted by Gasteiger charge is -2.31. The van der Waals surface area contributed by atoms with Gasteiger partial charge >= 0.3 is 6.61 Å². The zero-order valence-electron chi connectivity index (χ0n) is 24.0. The smallest absolute Gasteiger partial charge is 0.387 e. The number of carbonyl (C=O) groups excluding carboxylic acids is 1. The molecule has 1 saturated carbocycles. The number of ether oxygens (including phenoxy) is 1. The van der Waals surface area contributed by atoms with Crippen LogP contribution in [0.2, 0.25) is 5.02 Å². The van der Waals surface area contributed by atoms with E-state index >= 15 is 4.39 Å². The van der Waals surface area contributed by atoms with E-state index in [1.807, 2.05) is 0 Å². The maximum Gasteiger partial charge on any atom is 0.387 e. The fourth-order valence-electron chi connectivity index (χ4n) is 5.04. The second kappa shape index (κ2) is 12.1. The normalized spacial score (nSPS) is 15.0. The predicted molar refractivity (Wildman–Crippen MR) is 160 cm³/mol. The van der Waals surface area contributed by atoms with E-state index in [2.05, 4.69) is 36.0 Å². The van der Waals surface area contributed by atoms with Crippen molar-refractivity contribution in [1.82, 2.24) is 15.3 Å². The van der Waals surface area contributed by atoms with Gasteiger partial charge in [0.05, 0.1) is 28.6 Å². The average molecular weight is 715 g/mol. The minimum atomic E-state index is -3.19. The fraction of sp³-hybridized carbons (Fsp3) is 0.323. The number of carbonyl (C=O) groups is 1. The molecule has 7 nitrogen and oxygen atoms in total. The van der Waals surface area contributed by atoms with Crippen molar-refractivity contribution < 1.29 is 41.7 Å². The first-order chi connectivity index (χ1) is 21.0. The van der Waals surface area contributed by atoms with Crippen molar-refractivity contribution in [2.24, 2.45) is 5.92 Å². The highest BCUT2D eigenvalue weighted by atomic mass is 79.9. The summed E-state index contributed by atoms with van der Waals surface area (Å²) in [7, 11) is 0. The second-order valence-electron chi connectivity index (χ2n) is 11.4. The Balaban J connectivity index is 1.56. The molecule has 238 valence electrons. The third-order valence-corrected chi connectivity index (χ3v) is 8.68. The predicted octanol–water partition coefficient (Wildman–Crippen LogP) is 7.29. The van der Waals surface area contributed by atoms with E-state index in [4.69, 9.17) is 11.6 Å². The SMILES string of the molecule is Cc1nc2c(OC(F)F)cc(C(=O)NC[C@](O)(c3cc(C(C)(C)O)c(F)c(-c4cc(Cl)c(F)cc4F)n3)C3CC3)cc2cc1Br. The number of pyridine rings is 2. The van der Waals surface area contributed by atoms with E-state index in [9.17, 15) is 32.6 Å². The van der Waals surface area contributed by atoms with Gasteiger partial charge in [0.15, 0.2) is 11.6 Å². The number of alkyl halides is 2. The Morgan fingerprint density at radius 2 is 1.78 bits per heavy atom. The summed E-state index contributed by atoms with van der Waals surface area (Å²) in [5.41, 5.74) is -4.92. The highest BCUT2D eigenvalue weighted by molar-refractivity contribution is 9.10. The molecule has 1 amide bonds. The molecule has 2 aromatic heterocycles. The van der Waals surface area contributed by atoms with E-state index in [0.717, 1.165) is 18.2 Å². The van der Waals surface area contributed by atoms with Crippen LogP contribution >= 0.6 is 27.5 Å². The number of aliphatic hydroxyl groups is 2. The summed E-state index contributed by atoms with van der Waals surface area (Å²) >= 11 is 9.18. The van der Waals surface area contributed by atoms with Crippen molar-refractivity contribution in [1.29, 1.82) is 0 Å². The van der Waals surface area contributed by atoms with Crippen LogP contribution in [-0.2, 0) is 11.2 Å². The Labute approximate surface area is 267 Å². The number of benzene rings is 2. The lowest BCUT2D eigenvalue weighted by Crippen LogP contribution is -2.43. The molecule has 0 saturated heterocycles. The topological polar surface area (TPSA) is 105 Å². The van der Waals surface area contributed by atoms with Crippen molar-refractivity contribution in [3.05, 3.63) is 85.9 Å². The zero-order valence-corrected chi connectivity index (χ0v) is 26.3. The molecule has 0 spiro atoms. The van der Waals surface area contributed by atoms with Gasteiger partial charge in [0.1, 0.15) is 28.4 Å². The molecular formula is C31H26BrClF5N3O4. The van der Waals surface area contributed by atoms with Gasteiger partial charge in [-0.15, -0.1) is 0 Å². The molecule has 5 rings (SSSR count). The molecule has 2 aromatic carbocycles. The Morgan fingerprint density at radius 3 is 2.40 bits per heavy atom. The van der Waals surface area contributed by atoms with Crippen molar-refractivity contribution in [3.63, 3.8) is 0 Å². The van der Waals surface area contributed by atoms with Gasteiger partial charge in [-0.3, -0.25) is 4.79 Å². The fourth-order valence-corrected chi connectivity index (χ4v) is 5.54. The minimum Gasteiger partial charge on any atom is -0.432 e. The second-order valence-corrected chi connectivity index (χ2v) is 12.6. The van der Waals surface area contributed by atoms with Crippen LogP contribution < -0.4 is 10.1 Å². The molecule has 1 aliphatic carbocycles. The molecule has 1 aliphatic rings. The molecule has 1 atom stereocenters. The molecule has 0 bridgehead atoms. The van der Waals surface area contributed by atoms with Crippen molar-refractivity contribution in [3.8, 4) is 17.0 Å². The maximum absolute atomic E-state index is 15.7. The maximum atomic E-state index is 15.7. The first-order valence-electron chi connectivity index (χ1n) is 13.6. The first-order valence-corrected chi connectivity index (χ1v) is 14.8. The van der Waals surface area contributed by atoms with Gasteiger partial charge < -0.3 is 20.3 Å². The molecule has 0 radical (unpaired) electrons. The summed E-state index contributed by atoms with van der Waals surface area (Å²) in [6.45, 7) is 0.538. The number of nitrogens with one attached hydrogen (secondary N) is 1. The third kappa shape index (κ3) is 6.62. The van der Waals surface area contributed by atoms with E-state index < -0.39 is 69.9 Å². The van der Waals surface area contributed by atoms with Crippen molar-refractivity contribution in [2.45, 2.75) is 51.4 Å². The number of halogens is 7. The molecule has 1 fully saturated rings. The molecule has 3 N–H and O–H groups in total. The Bertz CT molecular complexity index is 1830. The number of aryl methyl sites for hydroxylation is 1.